The van der Waals surface area contributed by atoms with E-state index in [-0.39, 0.29) is 6.61 Å². The van der Waals surface area contributed by atoms with Gasteiger partial charge in [0.1, 0.15) is 11.8 Å². The second kappa shape index (κ2) is 9.44. The van der Waals surface area contributed by atoms with Gasteiger partial charge in [-0.2, -0.15) is 0 Å². The zero-order chi connectivity index (χ0) is 18.2. The van der Waals surface area contributed by atoms with E-state index >= 15 is 0 Å². The van der Waals surface area contributed by atoms with E-state index in [1.807, 2.05) is 30.3 Å². The highest BCUT2D eigenvalue weighted by Gasteiger charge is 2.22. The third kappa shape index (κ3) is 6.07. The van der Waals surface area contributed by atoms with Crippen molar-refractivity contribution in [3.63, 3.8) is 0 Å². The van der Waals surface area contributed by atoms with E-state index < -0.39 is 17.9 Å². The van der Waals surface area contributed by atoms with Crippen LogP contribution in [-0.2, 0) is 20.7 Å². The van der Waals surface area contributed by atoms with Gasteiger partial charge in [-0.15, -0.1) is 0 Å². The average molecular weight is 427 g/mol. The molecule has 0 radical (unpaired) electrons. The molecule has 5 nitrogen and oxygen atoms in total. The van der Waals surface area contributed by atoms with E-state index in [1.165, 1.54) is 7.11 Å². The Morgan fingerprint density at radius 2 is 1.92 bits per heavy atom. The van der Waals surface area contributed by atoms with Gasteiger partial charge in [-0.05, 0) is 39.7 Å². The monoisotopic (exact) mass is 425 g/mol. The highest BCUT2D eigenvalue weighted by molar-refractivity contribution is 9.10. The molecule has 0 saturated carbocycles. The van der Waals surface area contributed by atoms with Crippen molar-refractivity contribution >= 4 is 39.4 Å². The average Bonchev–Trinajstić information content (AvgIpc) is 2.60. The maximum Gasteiger partial charge on any atom is 0.328 e. The van der Waals surface area contributed by atoms with Crippen molar-refractivity contribution in [2.45, 2.75) is 12.5 Å². The van der Waals surface area contributed by atoms with Crippen molar-refractivity contribution in [1.29, 1.82) is 0 Å². The highest BCUT2D eigenvalue weighted by atomic mass is 79.9. The second-order valence-electron chi connectivity index (χ2n) is 5.20. The van der Waals surface area contributed by atoms with Crippen molar-refractivity contribution in [2.24, 2.45) is 0 Å². The molecule has 1 atom stereocenters. The fourth-order valence-corrected chi connectivity index (χ4v) is 2.95. The standard InChI is InChI=1S/C18H17BrClNO4/c1-24-18(23)15(9-12-5-3-2-4-6-12)21-17(22)11-25-16-8-7-13(20)10-14(16)19/h2-8,10,15H,9,11H2,1H3,(H,21,22). The topological polar surface area (TPSA) is 64.6 Å². The molecule has 1 amide bonds. The molecule has 7 heteroatoms. The Morgan fingerprint density at radius 1 is 1.20 bits per heavy atom. The van der Waals surface area contributed by atoms with Crippen molar-refractivity contribution in [2.75, 3.05) is 13.7 Å². The molecule has 0 aromatic heterocycles. The molecule has 0 aliphatic heterocycles. The van der Waals surface area contributed by atoms with Gasteiger partial charge in [-0.25, -0.2) is 4.79 Å². The van der Waals surface area contributed by atoms with Crippen molar-refractivity contribution < 1.29 is 19.1 Å². The number of carbonyl (C=O) groups is 2. The molecule has 0 heterocycles. The Kier molecular flexibility index (Phi) is 7.28. The van der Waals surface area contributed by atoms with E-state index in [0.717, 1.165) is 5.56 Å². The number of benzene rings is 2. The summed E-state index contributed by atoms with van der Waals surface area (Å²) in [7, 11) is 1.29. The van der Waals surface area contributed by atoms with Crippen LogP contribution in [0.15, 0.2) is 53.0 Å². The number of halogens is 2. The molecule has 2 aromatic rings. The number of hydrogen-bond donors (Lipinski definition) is 1. The fourth-order valence-electron chi connectivity index (χ4n) is 2.16. The summed E-state index contributed by atoms with van der Waals surface area (Å²) in [5.74, 6) is -0.449. The minimum absolute atomic E-state index is 0.234. The van der Waals surface area contributed by atoms with Gasteiger partial charge >= 0.3 is 5.97 Å². The van der Waals surface area contributed by atoms with Gasteiger partial charge in [0, 0.05) is 11.4 Å². The van der Waals surface area contributed by atoms with Crippen LogP contribution in [0.2, 0.25) is 5.02 Å². The first-order valence-corrected chi connectivity index (χ1v) is 8.65. The lowest BCUT2D eigenvalue weighted by Gasteiger charge is -2.17. The Hall–Kier alpha value is -2.05. The zero-order valence-corrected chi connectivity index (χ0v) is 15.8. The Balaban J connectivity index is 1.95. The van der Waals surface area contributed by atoms with Crippen LogP contribution in [0.5, 0.6) is 5.75 Å². The van der Waals surface area contributed by atoms with Crippen LogP contribution in [0, 0.1) is 0 Å². The van der Waals surface area contributed by atoms with Crippen LogP contribution in [0.4, 0.5) is 0 Å². The van der Waals surface area contributed by atoms with Crippen LogP contribution in [-0.4, -0.2) is 31.6 Å². The molecule has 132 valence electrons. The summed E-state index contributed by atoms with van der Waals surface area (Å²) in [6.07, 6.45) is 0.337. The highest BCUT2D eigenvalue weighted by Crippen LogP contribution is 2.27. The third-order valence-electron chi connectivity index (χ3n) is 3.36. The van der Waals surface area contributed by atoms with Crippen molar-refractivity contribution in [1.82, 2.24) is 5.32 Å². The number of rotatable bonds is 7. The number of ether oxygens (including phenoxy) is 2. The van der Waals surface area contributed by atoms with Gasteiger partial charge < -0.3 is 14.8 Å². The number of amides is 1. The maximum atomic E-state index is 12.1. The number of nitrogens with one attached hydrogen (secondary N) is 1. The van der Waals surface area contributed by atoms with Crippen LogP contribution in [0.25, 0.3) is 0 Å². The van der Waals surface area contributed by atoms with E-state index in [2.05, 4.69) is 21.2 Å². The normalized spacial score (nSPS) is 11.5. The molecule has 1 unspecified atom stereocenters. The number of hydrogen-bond acceptors (Lipinski definition) is 4. The smallest absolute Gasteiger partial charge is 0.328 e. The van der Waals surface area contributed by atoms with E-state index in [0.29, 0.717) is 21.7 Å². The van der Waals surface area contributed by atoms with Gasteiger partial charge in [-0.3, -0.25) is 4.79 Å². The van der Waals surface area contributed by atoms with Crippen LogP contribution in [0.1, 0.15) is 5.56 Å². The summed E-state index contributed by atoms with van der Waals surface area (Å²) in [6, 6.07) is 13.6. The zero-order valence-electron chi connectivity index (χ0n) is 13.5. The maximum absolute atomic E-state index is 12.1. The summed E-state index contributed by atoms with van der Waals surface area (Å²) in [5, 5.41) is 3.19. The third-order valence-corrected chi connectivity index (χ3v) is 4.21. The summed E-state index contributed by atoms with van der Waals surface area (Å²) in [5.41, 5.74) is 0.916. The molecule has 0 aliphatic rings. The lowest BCUT2D eigenvalue weighted by atomic mass is 10.1. The summed E-state index contributed by atoms with van der Waals surface area (Å²) in [4.78, 5) is 24.0. The largest absolute Gasteiger partial charge is 0.483 e. The molecular formula is C18H17BrClNO4. The molecule has 2 rings (SSSR count). The Morgan fingerprint density at radius 3 is 2.56 bits per heavy atom. The molecule has 0 spiro atoms. The molecule has 25 heavy (non-hydrogen) atoms. The van der Waals surface area contributed by atoms with Gasteiger partial charge in [0.05, 0.1) is 11.6 Å². The lowest BCUT2D eigenvalue weighted by molar-refractivity contribution is -0.145. The summed E-state index contributed by atoms with van der Waals surface area (Å²) >= 11 is 9.17. The molecule has 0 bridgehead atoms. The van der Waals surface area contributed by atoms with Crippen LogP contribution >= 0.6 is 27.5 Å². The predicted molar refractivity (Wildman–Crippen MR) is 98.7 cm³/mol. The van der Waals surface area contributed by atoms with Crippen LogP contribution < -0.4 is 10.1 Å². The first-order chi connectivity index (χ1) is 12.0. The molecule has 1 N–H and O–H groups in total. The lowest BCUT2D eigenvalue weighted by Crippen LogP contribution is -2.44. The van der Waals surface area contributed by atoms with E-state index in [9.17, 15) is 9.59 Å². The van der Waals surface area contributed by atoms with Gasteiger partial charge in [0.25, 0.3) is 5.91 Å². The fraction of sp³-hybridized carbons (Fsp3) is 0.222. The number of carbonyl (C=O) groups excluding carboxylic acids is 2. The first kappa shape index (κ1) is 19.3. The Bertz CT molecular complexity index is 739. The quantitative estimate of drug-likeness (QED) is 0.689. The first-order valence-electron chi connectivity index (χ1n) is 7.48. The van der Waals surface area contributed by atoms with Gasteiger partial charge in [0.2, 0.25) is 0 Å². The summed E-state index contributed by atoms with van der Waals surface area (Å²) in [6.45, 7) is -0.234. The van der Waals surface area contributed by atoms with Crippen LogP contribution in [0.3, 0.4) is 0 Å². The molecule has 2 aromatic carbocycles. The Labute approximate surface area is 159 Å². The molecule has 0 saturated heterocycles. The van der Waals surface area contributed by atoms with Gasteiger partial charge in [0.15, 0.2) is 6.61 Å². The summed E-state index contributed by atoms with van der Waals surface area (Å²) < 4.78 is 10.9. The number of methoxy groups -OCH3 is 1. The SMILES string of the molecule is COC(=O)C(Cc1ccccc1)NC(=O)COc1ccc(Cl)cc1Br. The molecular weight excluding hydrogens is 410 g/mol. The minimum atomic E-state index is -0.780. The number of esters is 1. The van der Waals surface area contributed by atoms with Crippen molar-refractivity contribution in [3.8, 4) is 5.75 Å². The van der Waals surface area contributed by atoms with E-state index in [1.54, 1.807) is 18.2 Å². The molecule has 0 aliphatic carbocycles. The van der Waals surface area contributed by atoms with Crippen molar-refractivity contribution in [3.05, 3.63) is 63.6 Å². The van der Waals surface area contributed by atoms with Gasteiger partial charge in [-0.1, -0.05) is 41.9 Å². The predicted octanol–water partition coefficient (Wildman–Crippen LogP) is 3.38. The second-order valence-corrected chi connectivity index (χ2v) is 6.49. The molecule has 0 fully saturated rings. The minimum Gasteiger partial charge on any atom is -0.483 e. The van der Waals surface area contributed by atoms with E-state index in [4.69, 9.17) is 21.1 Å².